The molecule has 0 aliphatic carbocycles. The average molecular weight is 298 g/mol. The van der Waals surface area contributed by atoms with Crippen molar-refractivity contribution in [2.24, 2.45) is 0 Å². The minimum absolute atomic E-state index is 0.00613. The maximum Gasteiger partial charge on any atom is 0.257 e. The largest absolute Gasteiger partial charge is 0.477 e. The first-order chi connectivity index (χ1) is 10.8. The second kappa shape index (κ2) is 8.17. The highest BCUT2D eigenvalue weighted by atomic mass is 16.5. The van der Waals surface area contributed by atoms with E-state index in [0.29, 0.717) is 18.1 Å². The molecule has 1 amide bonds. The molecule has 0 bridgehead atoms. The number of rotatable bonds is 7. The van der Waals surface area contributed by atoms with Crippen LogP contribution in [0.1, 0.15) is 48.7 Å². The van der Waals surface area contributed by atoms with Crippen LogP contribution < -0.4 is 10.1 Å². The van der Waals surface area contributed by atoms with E-state index in [1.807, 2.05) is 37.3 Å². The normalized spacial score (nSPS) is 11.7. The summed E-state index contributed by atoms with van der Waals surface area (Å²) in [4.78, 5) is 16.7. The van der Waals surface area contributed by atoms with E-state index in [1.54, 1.807) is 18.3 Å². The van der Waals surface area contributed by atoms with Crippen LogP contribution in [0.2, 0.25) is 0 Å². The predicted octanol–water partition coefficient (Wildman–Crippen LogP) is 3.75. The van der Waals surface area contributed by atoms with Crippen molar-refractivity contribution in [3.63, 3.8) is 0 Å². The monoisotopic (exact) mass is 298 g/mol. The summed E-state index contributed by atoms with van der Waals surface area (Å²) in [6, 6.07) is 13.5. The molecular formula is C18H22N2O2. The number of amides is 1. The zero-order valence-corrected chi connectivity index (χ0v) is 13.1. The minimum Gasteiger partial charge on any atom is -0.477 e. The smallest absolute Gasteiger partial charge is 0.257 e. The molecule has 1 atom stereocenters. The zero-order valence-electron chi connectivity index (χ0n) is 13.1. The number of pyridine rings is 1. The SMILES string of the molecule is CCCC(NC(=O)c1cccnc1OCC)c1ccccc1. The van der Waals surface area contributed by atoms with Gasteiger partial charge in [0, 0.05) is 6.20 Å². The molecular weight excluding hydrogens is 276 g/mol. The Morgan fingerprint density at radius 1 is 1.18 bits per heavy atom. The van der Waals surface area contributed by atoms with E-state index in [4.69, 9.17) is 4.74 Å². The highest BCUT2D eigenvalue weighted by Crippen LogP contribution is 2.21. The standard InChI is InChI=1S/C18H22N2O2/c1-3-9-16(14-10-6-5-7-11-14)20-17(21)15-12-8-13-19-18(15)22-4-2/h5-8,10-13,16H,3-4,9H2,1-2H3,(H,20,21). The summed E-state index contributed by atoms with van der Waals surface area (Å²) in [6.45, 7) is 4.46. The van der Waals surface area contributed by atoms with Gasteiger partial charge in [-0.05, 0) is 31.0 Å². The Bertz CT molecular complexity index is 599. The Morgan fingerprint density at radius 3 is 2.64 bits per heavy atom. The van der Waals surface area contributed by atoms with Gasteiger partial charge in [-0.15, -0.1) is 0 Å². The first kappa shape index (κ1) is 16.0. The molecule has 0 aliphatic rings. The van der Waals surface area contributed by atoms with Crippen LogP contribution in [0.25, 0.3) is 0 Å². The van der Waals surface area contributed by atoms with Crippen LogP contribution >= 0.6 is 0 Å². The lowest BCUT2D eigenvalue weighted by Crippen LogP contribution is -2.29. The van der Waals surface area contributed by atoms with Crippen LogP contribution in [0.5, 0.6) is 5.88 Å². The van der Waals surface area contributed by atoms with Gasteiger partial charge in [0.25, 0.3) is 5.91 Å². The van der Waals surface area contributed by atoms with Crippen LogP contribution in [0.4, 0.5) is 0 Å². The van der Waals surface area contributed by atoms with E-state index in [2.05, 4.69) is 17.2 Å². The fourth-order valence-corrected chi connectivity index (χ4v) is 2.35. The highest BCUT2D eigenvalue weighted by molar-refractivity contribution is 5.96. The lowest BCUT2D eigenvalue weighted by atomic mass is 10.0. The molecule has 1 aromatic heterocycles. The topological polar surface area (TPSA) is 51.2 Å². The number of hydrogen-bond acceptors (Lipinski definition) is 3. The van der Waals surface area contributed by atoms with Crippen molar-refractivity contribution in [1.29, 1.82) is 0 Å². The number of nitrogens with zero attached hydrogens (tertiary/aromatic N) is 1. The number of carbonyl (C=O) groups is 1. The van der Waals surface area contributed by atoms with Crippen LogP contribution in [-0.2, 0) is 0 Å². The number of benzene rings is 1. The van der Waals surface area contributed by atoms with Crippen molar-refractivity contribution in [3.05, 3.63) is 59.8 Å². The van der Waals surface area contributed by atoms with E-state index in [1.165, 1.54) is 0 Å². The van der Waals surface area contributed by atoms with Gasteiger partial charge in [-0.25, -0.2) is 4.98 Å². The van der Waals surface area contributed by atoms with Crippen molar-refractivity contribution < 1.29 is 9.53 Å². The summed E-state index contributed by atoms with van der Waals surface area (Å²) in [5.41, 5.74) is 1.58. The first-order valence-corrected chi connectivity index (χ1v) is 7.69. The van der Waals surface area contributed by atoms with E-state index in [0.717, 1.165) is 18.4 Å². The maximum absolute atomic E-state index is 12.6. The molecule has 0 saturated carbocycles. The van der Waals surface area contributed by atoms with Crippen LogP contribution in [0.15, 0.2) is 48.7 Å². The third-order valence-corrected chi connectivity index (χ3v) is 3.38. The molecule has 1 N–H and O–H groups in total. The van der Waals surface area contributed by atoms with E-state index >= 15 is 0 Å². The molecule has 0 aliphatic heterocycles. The summed E-state index contributed by atoms with van der Waals surface area (Å²) in [7, 11) is 0. The first-order valence-electron chi connectivity index (χ1n) is 7.69. The maximum atomic E-state index is 12.6. The van der Waals surface area contributed by atoms with Crippen LogP contribution in [0.3, 0.4) is 0 Å². The molecule has 4 nitrogen and oxygen atoms in total. The van der Waals surface area contributed by atoms with Crippen molar-refractivity contribution in [2.45, 2.75) is 32.7 Å². The quantitative estimate of drug-likeness (QED) is 0.847. The van der Waals surface area contributed by atoms with E-state index < -0.39 is 0 Å². The van der Waals surface area contributed by atoms with Gasteiger partial charge in [0.15, 0.2) is 0 Å². The summed E-state index contributed by atoms with van der Waals surface area (Å²) in [6.07, 6.45) is 3.51. The average Bonchev–Trinajstić information content (AvgIpc) is 2.56. The Kier molecular flexibility index (Phi) is 5.95. The molecule has 2 aromatic rings. The van der Waals surface area contributed by atoms with Crippen LogP contribution in [-0.4, -0.2) is 17.5 Å². The van der Waals surface area contributed by atoms with Gasteiger partial charge in [-0.2, -0.15) is 0 Å². The van der Waals surface area contributed by atoms with Crippen molar-refractivity contribution in [1.82, 2.24) is 10.3 Å². The van der Waals surface area contributed by atoms with E-state index in [9.17, 15) is 4.79 Å². The molecule has 0 radical (unpaired) electrons. The molecule has 1 aromatic carbocycles. The molecule has 2 rings (SSSR count). The summed E-state index contributed by atoms with van der Waals surface area (Å²) in [5.74, 6) is 0.227. The summed E-state index contributed by atoms with van der Waals surface area (Å²) >= 11 is 0. The Balaban J connectivity index is 2.18. The number of aromatic nitrogens is 1. The van der Waals surface area contributed by atoms with Crippen molar-refractivity contribution in [2.75, 3.05) is 6.61 Å². The number of nitrogens with one attached hydrogen (secondary N) is 1. The highest BCUT2D eigenvalue weighted by Gasteiger charge is 2.18. The summed E-state index contributed by atoms with van der Waals surface area (Å²) in [5, 5.41) is 3.09. The predicted molar refractivity (Wildman–Crippen MR) is 87.0 cm³/mol. The number of carbonyl (C=O) groups excluding carboxylic acids is 1. The van der Waals surface area contributed by atoms with Crippen molar-refractivity contribution in [3.8, 4) is 5.88 Å². The second-order valence-corrected chi connectivity index (χ2v) is 5.01. The lowest BCUT2D eigenvalue weighted by Gasteiger charge is -2.19. The third-order valence-electron chi connectivity index (χ3n) is 3.38. The molecule has 1 heterocycles. The molecule has 22 heavy (non-hydrogen) atoms. The fraction of sp³-hybridized carbons (Fsp3) is 0.333. The van der Waals surface area contributed by atoms with Gasteiger partial charge >= 0.3 is 0 Å². The molecule has 0 saturated heterocycles. The van der Waals surface area contributed by atoms with Crippen molar-refractivity contribution >= 4 is 5.91 Å². The van der Waals surface area contributed by atoms with Gasteiger partial charge in [-0.3, -0.25) is 4.79 Å². The second-order valence-electron chi connectivity index (χ2n) is 5.01. The van der Waals surface area contributed by atoms with Gasteiger partial charge in [0.05, 0.1) is 12.6 Å². The Morgan fingerprint density at radius 2 is 1.95 bits per heavy atom. The van der Waals surface area contributed by atoms with Crippen LogP contribution in [0, 0.1) is 0 Å². The van der Waals surface area contributed by atoms with Gasteiger partial charge in [0.1, 0.15) is 5.56 Å². The summed E-state index contributed by atoms with van der Waals surface area (Å²) < 4.78 is 5.43. The lowest BCUT2D eigenvalue weighted by molar-refractivity contribution is 0.0929. The third kappa shape index (κ3) is 4.07. The zero-order chi connectivity index (χ0) is 15.8. The fourth-order valence-electron chi connectivity index (χ4n) is 2.35. The Labute approximate surface area is 131 Å². The molecule has 0 spiro atoms. The molecule has 4 heteroatoms. The van der Waals surface area contributed by atoms with Gasteiger partial charge in [-0.1, -0.05) is 43.7 Å². The minimum atomic E-state index is -0.154. The number of ether oxygens (including phenoxy) is 1. The van der Waals surface area contributed by atoms with Gasteiger partial charge < -0.3 is 10.1 Å². The molecule has 0 fully saturated rings. The number of hydrogen-bond donors (Lipinski definition) is 1. The van der Waals surface area contributed by atoms with Gasteiger partial charge in [0.2, 0.25) is 5.88 Å². The Hall–Kier alpha value is -2.36. The molecule has 116 valence electrons. The van der Waals surface area contributed by atoms with E-state index in [-0.39, 0.29) is 11.9 Å². The molecule has 1 unspecified atom stereocenters.